The molecule has 0 unspecified atom stereocenters. The van der Waals surface area contributed by atoms with Crippen LogP contribution in [0.15, 0.2) is 85.1 Å². The second kappa shape index (κ2) is 11.7. The minimum absolute atomic E-state index is 0.0264. The number of aliphatic hydroxyl groups excluding tert-OH is 1. The van der Waals surface area contributed by atoms with Crippen molar-refractivity contribution in [2.24, 2.45) is 5.92 Å². The molecule has 1 fully saturated rings. The van der Waals surface area contributed by atoms with Crippen molar-refractivity contribution in [1.82, 2.24) is 15.0 Å². The van der Waals surface area contributed by atoms with Crippen molar-refractivity contribution in [1.29, 1.82) is 0 Å². The lowest BCUT2D eigenvalue weighted by Crippen LogP contribution is -2.44. The van der Waals surface area contributed by atoms with E-state index in [1.165, 1.54) is 4.90 Å². The number of rotatable bonds is 10. The Morgan fingerprint density at radius 2 is 1.77 bits per heavy atom. The molecule has 2 aliphatic rings. The fourth-order valence-corrected chi connectivity index (χ4v) is 9.55. The first-order chi connectivity index (χ1) is 21.2. The lowest BCUT2D eigenvalue weighted by atomic mass is 9.82. The molecule has 2 aliphatic heterocycles. The molecule has 0 saturated carbocycles. The third kappa shape index (κ3) is 5.04. The first-order valence-electron chi connectivity index (χ1n) is 14.9. The van der Waals surface area contributed by atoms with Gasteiger partial charge in [-0.1, -0.05) is 48.5 Å². The highest BCUT2D eigenvalue weighted by Crippen LogP contribution is 2.61. The van der Waals surface area contributed by atoms with Crippen LogP contribution in [0.2, 0.25) is 18.6 Å². The summed E-state index contributed by atoms with van der Waals surface area (Å²) in [6.45, 7) is 5.66. The summed E-state index contributed by atoms with van der Waals surface area (Å²) in [6, 6.07) is 24.2. The Balaban J connectivity index is 1.45. The van der Waals surface area contributed by atoms with E-state index >= 15 is 4.11 Å². The Morgan fingerprint density at radius 3 is 2.43 bits per heavy atom. The summed E-state index contributed by atoms with van der Waals surface area (Å²) < 4.78 is 24.9. The number of aromatic nitrogens is 3. The number of hydrogen-bond acceptors (Lipinski definition) is 6. The number of ether oxygens (including phenoxy) is 1. The van der Waals surface area contributed by atoms with Crippen molar-refractivity contribution in [3.63, 3.8) is 0 Å². The van der Waals surface area contributed by atoms with E-state index in [9.17, 15) is 14.7 Å². The molecule has 11 heteroatoms. The van der Waals surface area contributed by atoms with Crippen molar-refractivity contribution < 1.29 is 23.5 Å². The number of fused-ring (bicyclic) bond motifs is 2. The maximum absolute atomic E-state index is 16.3. The van der Waals surface area contributed by atoms with Crippen molar-refractivity contribution in [3.05, 3.63) is 96.3 Å². The van der Waals surface area contributed by atoms with E-state index in [0.29, 0.717) is 53.4 Å². The van der Waals surface area contributed by atoms with Crippen molar-refractivity contribution in [3.8, 4) is 0 Å². The van der Waals surface area contributed by atoms with Gasteiger partial charge in [-0.05, 0) is 62.0 Å². The van der Waals surface area contributed by atoms with E-state index in [2.05, 4.69) is 10.3 Å². The van der Waals surface area contributed by atoms with Gasteiger partial charge in [-0.2, -0.15) is 0 Å². The van der Waals surface area contributed by atoms with E-state index in [-0.39, 0.29) is 12.5 Å². The van der Waals surface area contributed by atoms with Crippen LogP contribution in [-0.4, -0.2) is 53.5 Å². The number of para-hydroxylation sites is 2. The molecule has 1 N–H and O–H groups in total. The largest absolute Gasteiger partial charge is 0.396 e. The summed E-state index contributed by atoms with van der Waals surface area (Å²) >= 11 is 0. The fourth-order valence-electron chi connectivity index (χ4n) is 7.01. The minimum Gasteiger partial charge on any atom is -0.396 e. The summed E-state index contributed by atoms with van der Waals surface area (Å²) in [4.78, 5) is 30.3. The first kappa shape index (κ1) is 29.9. The van der Waals surface area contributed by atoms with Gasteiger partial charge in [-0.15, -0.1) is 5.10 Å². The average molecular weight is 614 g/mol. The Morgan fingerprint density at radius 1 is 1.07 bits per heavy atom. The van der Waals surface area contributed by atoms with Gasteiger partial charge in [0, 0.05) is 59.9 Å². The van der Waals surface area contributed by atoms with Crippen LogP contribution in [-0.2, 0) is 32.9 Å². The summed E-state index contributed by atoms with van der Waals surface area (Å²) in [5, 5.41) is 17.5. The summed E-state index contributed by atoms with van der Waals surface area (Å²) in [7, 11) is -3.38. The van der Waals surface area contributed by atoms with Gasteiger partial charge in [-0.25, -0.2) is 0 Å². The highest BCUT2D eigenvalue weighted by Gasteiger charge is 2.67. The maximum atomic E-state index is 16.3. The number of hydrogen-bond donors (Lipinski definition) is 1. The summed E-state index contributed by atoms with van der Waals surface area (Å²) in [6.07, 6.45) is 2.79. The molecule has 6 rings (SSSR count). The number of aryl methyl sites for hydroxylation is 1. The molecule has 3 heterocycles. The molecule has 1 spiro atoms. The van der Waals surface area contributed by atoms with Gasteiger partial charge in [-0.3, -0.25) is 24.1 Å². The van der Waals surface area contributed by atoms with Crippen LogP contribution in [0.5, 0.6) is 0 Å². The van der Waals surface area contributed by atoms with E-state index in [4.69, 9.17) is 4.74 Å². The molecular weight excluding hydrogens is 577 g/mol. The van der Waals surface area contributed by atoms with Gasteiger partial charge in [0.15, 0.2) is 5.60 Å². The minimum atomic E-state index is -3.38. The molecule has 1 aromatic heterocycles. The normalized spacial score (nSPS) is 22.9. The zero-order valence-electron chi connectivity index (χ0n) is 25.0. The SMILES string of the molecule is C[C@H]1[C@H]([Si](C)(C)F)[C@@H](CCn2cc(CCO)nn2)O[C@]12C(=O)N(c1ccccc1)c1ccc(N(C=O)c3ccccc3)cc12. The van der Waals surface area contributed by atoms with Crippen LogP contribution in [0.4, 0.5) is 26.9 Å². The predicted molar refractivity (Wildman–Crippen MR) is 168 cm³/mol. The molecule has 2 amide bonds. The van der Waals surface area contributed by atoms with Crippen LogP contribution in [0.3, 0.4) is 0 Å². The van der Waals surface area contributed by atoms with E-state index in [1.807, 2.05) is 85.8 Å². The lowest BCUT2D eigenvalue weighted by molar-refractivity contribution is -0.145. The Hall–Kier alpha value is -4.19. The number of benzene rings is 3. The number of anilines is 4. The molecule has 4 atom stereocenters. The highest BCUT2D eigenvalue weighted by molar-refractivity contribution is 6.72. The van der Waals surface area contributed by atoms with Crippen molar-refractivity contribution in [2.75, 3.05) is 16.4 Å². The van der Waals surface area contributed by atoms with Crippen molar-refractivity contribution >= 4 is 43.5 Å². The smallest absolute Gasteiger partial charge is 0.268 e. The molecule has 228 valence electrons. The molecule has 1 saturated heterocycles. The first-order valence-corrected chi connectivity index (χ1v) is 17.8. The standard InChI is InChI=1S/C33H36FN5O4Si/c1-23-31(44(2,3)34)30(16-18-37-21-24(17-19-40)35-36-37)43-33(23)28-20-27(38(22-41)25-10-6-4-7-11-25)14-15-29(28)39(32(33)42)26-12-8-5-9-13-26/h4-15,20-23,30-31,40H,16-19H2,1-3H3/t23-,30+,31-,33+/m0/s1. The van der Waals surface area contributed by atoms with Crippen LogP contribution in [0, 0.1) is 5.92 Å². The molecule has 4 aromatic rings. The van der Waals surface area contributed by atoms with Crippen molar-refractivity contribution in [2.45, 2.75) is 56.7 Å². The van der Waals surface area contributed by atoms with Gasteiger partial charge in [0.2, 0.25) is 14.8 Å². The van der Waals surface area contributed by atoms with Gasteiger partial charge < -0.3 is 14.0 Å². The topological polar surface area (TPSA) is 101 Å². The quantitative estimate of drug-likeness (QED) is 0.141. The molecule has 0 aliphatic carbocycles. The van der Waals surface area contributed by atoms with E-state index in [1.54, 1.807) is 28.9 Å². The van der Waals surface area contributed by atoms with Crippen LogP contribution in [0.25, 0.3) is 0 Å². The second-order valence-corrected chi connectivity index (χ2v) is 15.8. The third-order valence-corrected chi connectivity index (χ3v) is 11.3. The summed E-state index contributed by atoms with van der Waals surface area (Å²) in [5.41, 5.74) is 1.95. The number of amides is 2. The molecule has 0 bridgehead atoms. The molecule has 3 aromatic carbocycles. The molecule has 44 heavy (non-hydrogen) atoms. The van der Waals surface area contributed by atoms with Gasteiger partial charge in [0.05, 0.1) is 17.5 Å². The monoisotopic (exact) mass is 613 g/mol. The van der Waals surface area contributed by atoms with Gasteiger partial charge in [0.1, 0.15) is 0 Å². The maximum Gasteiger partial charge on any atom is 0.268 e. The average Bonchev–Trinajstić information content (AvgIpc) is 3.66. The number of carbonyl (C=O) groups is 2. The molecule has 0 radical (unpaired) electrons. The molecule has 9 nitrogen and oxygen atoms in total. The lowest BCUT2D eigenvalue weighted by Gasteiger charge is -2.31. The highest BCUT2D eigenvalue weighted by atomic mass is 28.4. The zero-order chi connectivity index (χ0) is 31.1. The zero-order valence-corrected chi connectivity index (χ0v) is 26.0. The van der Waals surface area contributed by atoms with Crippen LogP contribution < -0.4 is 9.80 Å². The van der Waals surface area contributed by atoms with Crippen LogP contribution >= 0.6 is 0 Å². The Kier molecular flexibility index (Phi) is 7.95. The number of halogens is 1. The number of nitrogens with zero attached hydrogens (tertiary/aromatic N) is 5. The third-order valence-electron chi connectivity index (χ3n) is 8.88. The van der Waals surface area contributed by atoms with Crippen LogP contribution in [0.1, 0.15) is 24.6 Å². The number of aliphatic hydroxyl groups is 1. The fraction of sp³-hybridized carbons (Fsp3) is 0.333. The predicted octanol–water partition coefficient (Wildman–Crippen LogP) is 5.65. The molecular formula is C33H36FN5O4Si. The Labute approximate surface area is 257 Å². The van der Waals surface area contributed by atoms with Gasteiger partial charge >= 0.3 is 0 Å². The second-order valence-electron chi connectivity index (χ2n) is 12.0. The Bertz CT molecular complexity index is 1650. The van der Waals surface area contributed by atoms with E-state index in [0.717, 1.165) is 6.41 Å². The summed E-state index contributed by atoms with van der Waals surface area (Å²) in [5.74, 6) is -0.756. The number of carbonyl (C=O) groups excluding carboxylic acids is 2. The van der Waals surface area contributed by atoms with Gasteiger partial charge in [0.25, 0.3) is 5.91 Å². The van der Waals surface area contributed by atoms with E-state index < -0.39 is 31.6 Å².